The SMILES string of the molecule is CC[C@@H](C)N[C@@H](C)c1ccc(OC2CCCC2)cc1. The van der Waals surface area contributed by atoms with Crippen LogP contribution in [0.4, 0.5) is 0 Å². The van der Waals surface area contributed by atoms with Crippen LogP contribution in [0.25, 0.3) is 0 Å². The Hall–Kier alpha value is -1.02. The smallest absolute Gasteiger partial charge is 0.119 e. The van der Waals surface area contributed by atoms with Crippen molar-refractivity contribution in [1.29, 1.82) is 0 Å². The van der Waals surface area contributed by atoms with Gasteiger partial charge in [0, 0.05) is 12.1 Å². The molecule has 2 rings (SSSR count). The highest BCUT2D eigenvalue weighted by Crippen LogP contribution is 2.25. The van der Waals surface area contributed by atoms with Gasteiger partial charge in [0.05, 0.1) is 6.10 Å². The molecule has 1 aromatic carbocycles. The van der Waals surface area contributed by atoms with Crippen LogP contribution >= 0.6 is 0 Å². The van der Waals surface area contributed by atoms with Gasteiger partial charge in [-0.2, -0.15) is 0 Å². The summed E-state index contributed by atoms with van der Waals surface area (Å²) in [6, 6.07) is 9.56. The van der Waals surface area contributed by atoms with Gasteiger partial charge in [-0.25, -0.2) is 0 Å². The first-order valence-electron chi connectivity index (χ1n) is 7.71. The maximum Gasteiger partial charge on any atom is 0.119 e. The average molecular weight is 261 g/mol. The summed E-state index contributed by atoms with van der Waals surface area (Å²) in [5.74, 6) is 1.02. The molecule has 1 aromatic rings. The lowest BCUT2D eigenvalue weighted by Gasteiger charge is -2.20. The Bertz CT molecular complexity index is 367. The predicted molar refractivity (Wildman–Crippen MR) is 80.6 cm³/mol. The van der Waals surface area contributed by atoms with Gasteiger partial charge in [-0.15, -0.1) is 0 Å². The minimum Gasteiger partial charge on any atom is -0.490 e. The van der Waals surface area contributed by atoms with Crippen LogP contribution in [-0.2, 0) is 0 Å². The Balaban J connectivity index is 1.89. The molecule has 2 heteroatoms. The zero-order valence-corrected chi connectivity index (χ0v) is 12.5. The molecule has 0 spiro atoms. The van der Waals surface area contributed by atoms with Crippen molar-refractivity contribution in [3.05, 3.63) is 29.8 Å². The fourth-order valence-corrected chi connectivity index (χ4v) is 2.67. The fraction of sp³-hybridized carbons (Fsp3) is 0.647. The Morgan fingerprint density at radius 3 is 2.37 bits per heavy atom. The fourth-order valence-electron chi connectivity index (χ4n) is 2.67. The van der Waals surface area contributed by atoms with Gasteiger partial charge >= 0.3 is 0 Å². The molecule has 2 nitrogen and oxygen atoms in total. The van der Waals surface area contributed by atoms with E-state index in [0.29, 0.717) is 18.2 Å². The molecule has 106 valence electrons. The van der Waals surface area contributed by atoms with E-state index >= 15 is 0 Å². The Labute approximate surface area is 117 Å². The van der Waals surface area contributed by atoms with Gasteiger partial charge in [-0.1, -0.05) is 19.1 Å². The summed E-state index contributed by atoms with van der Waals surface area (Å²) >= 11 is 0. The lowest BCUT2D eigenvalue weighted by molar-refractivity contribution is 0.210. The van der Waals surface area contributed by atoms with Crippen LogP contribution in [0.5, 0.6) is 5.75 Å². The van der Waals surface area contributed by atoms with Gasteiger partial charge in [0.2, 0.25) is 0 Å². The molecule has 0 radical (unpaired) electrons. The number of ether oxygens (including phenoxy) is 1. The van der Waals surface area contributed by atoms with Crippen molar-refractivity contribution < 1.29 is 4.74 Å². The van der Waals surface area contributed by atoms with Crippen LogP contribution in [-0.4, -0.2) is 12.1 Å². The van der Waals surface area contributed by atoms with Crippen LogP contribution in [0.3, 0.4) is 0 Å². The predicted octanol–water partition coefficient (Wildman–Crippen LogP) is 4.46. The van der Waals surface area contributed by atoms with E-state index in [9.17, 15) is 0 Å². The molecule has 1 fully saturated rings. The molecular formula is C17H27NO. The molecular weight excluding hydrogens is 234 g/mol. The maximum atomic E-state index is 5.99. The zero-order chi connectivity index (χ0) is 13.7. The van der Waals surface area contributed by atoms with Crippen molar-refractivity contribution in [2.24, 2.45) is 0 Å². The van der Waals surface area contributed by atoms with Crippen molar-refractivity contribution >= 4 is 0 Å². The molecule has 0 unspecified atom stereocenters. The van der Waals surface area contributed by atoms with Crippen molar-refractivity contribution in [1.82, 2.24) is 5.32 Å². The third kappa shape index (κ3) is 4.24. The zero-order valence-electron chi connectivity index (χ0n) is 12.5. The largest absolute Gasteiger partial charge is 0.490 e. The van der Waals surface area contributed by atoms with E-state index in [2.05, 4.69) is 50.4 Å². The standard InChI is InChI=1S/C17H27NO/c1-4-13(2)18-14(3)15-9-11-17(12-10-15)19-16-7-5-6-8-16/h9-14,16,18H,4-8H2,1-3H3/t13-,14+/m1/s1. The number of hydrogen-bond donors (Lipinski definition) is 1. The highest BCUT2D eigenvalue weighted by atomic mass is 16.5. The second-order valence-corrected chi connectivity index (χ2v) is 5.79. The van der Waals surface area contributed by atoms with Crippen molar-refractivity contribution in [3.8, 4) is 5.75 Å². The Morgan fingerprint density at radius 1 is 1.16 bits per heavy atom. The molecule has 0 heterocycles. The number of nitrogens with one attached hydrogen (secondary N) is 1. The highest BCUT2D eigenvalue weighted by molar-refractivity contribution is 5.29. The summed E-state index contributed by atoms with van der Waals surface area (Å²) in [6.45, 7) is 6.66. The summed E-state index contributed by atoms with van der Waals surface area (Å²) in [4.78, 5) is 0. The van der Waals surface area contributed by atoms with Gasteiger partial charge in [0.1, 0.15) is 5.75 Å². The lowest BCUT2D eigenvalue weighted by atomic mass is 10.1. The minimum atomic E-state index is 0.399. The third-order valence-corrected chi connectivity index (χ3v) is 4.13. The first-order chi connectivity index (χ1) is 9.19. The first kappa shape index (κ1) is 14.4. The van der Waals surface area contributed by atoms with Crippen molar-refractivity contribution in [3.63, 3.8) is 0 Å². The molecule has 1 saturated carbocycles. The summed E-state index contributed by atoms with van der Waals surface area (Å²) in [7, 11) is 0. The molecule has 0 aromatic heterocycles. The van der Waals surface area contributed by atoms with Gasteiger partial charge < -0.3 is 10.1 Å². The molecule has 0 amide bonds. The molecule has 0 aliphatic heterocycles. The molecule has 1 aliphatic carbocycles. The van der Waals surface area contributed by atoms with Crippen molar-refractivity contribution in [2.45, 2.75) is 71.1 Å². The second-order valence-electron chi connectivity index (χ2n) is 5.79. The van der Waals surface area contributed by atoms with E-state index in [-0.39, 0.29) is 0 Å². The molecule has 1 aliphatic rings. The summed E-state index contributed by atoms with van der Waals surface area (Å²) in [5.41, 5.74) is 1.33. The third-order valence-electron chi connectivity index (χ3n) is 4.13. The van der Waals surface area contributed by atoms with E-state index < -0.39 is 0 Å². The highest BCUT2D eigenvalue weighted by Gasteiger charge is 2.16. The van der Waals surface area contributed by atoms with Crippen LogP contribution in [0.1, 0.15) is 64.5 Å². The van der Waals surface area contributed by atoms with Crippen LogP contribution < -0.4 is 10.1 Å². The summed E-state index contributed by atoms with van der Waals surface area (Å²) in [5, 5.41) is 3.60. The number of benzene rings is 1. The second kappa shape index (κ2) is 6.95. The Morgan fingerprint density at radius 2 is 1.79 bits per heavy atom. The average Bonchev–Trinajstić information content (AvgIpc) is 2.92. The lowest BCUT2D eigenvalue weighted by Crippen LogP contribution is -2.28. The van der Waals surface area contributed by atoms with E-state index in [1.165, 1.54) is 31.2 Å². The molecule has 0 saturated heterocycles. The van der Waals surface area contributed by atoms with E-state index in [4.69, 9.17) is 4.74 Å². The van der Waals surface area contributed by atoms with E-state index in [1.807, 2.05) is 0 Å². The van der Waals surface area contributed by atoms with Crippen molar-refractivity contribution in [2.75, 3.05) is 0 Å². The van der Waals surface area contributed by atoms with Crippen LogP contribution in [0.2, 0.25) is 0 Å². The number of hydrogen-bond acceptors (Lipinski definition) is 2. The maximum absolute atomic E-state index is 5.99. The number of rotatable bonds is 6. The van der Waals surface area contributed by atoms with Gasteiger partial charge in [0.15, 0.2) is 0 Å². The van der Waals surface area contributed by atoms with Crippen LogP contribution in [0, 0.1) is 0 Å². The molecule has 1 N–H and O–H groups in total. The first-order valence-corrected chi connectivity index (χ1v) is 7.71. The van der Waals surface area contributed by atoms with E-state index in [0.717, 1.165) is 12.2 Å². The topological polar surface area (TPSA) is 21.3 Å². The quantitative estimate of drug-likeness (QED) is 0.816. The van der Waals surface area contributed by atoms with Gasteiger partial charge in [-0.05, 0) is 63.6 Å². The van der Waals surface area contributed by atoms with E-state index in [1.54, 1.807) is 0 Å². The normalized spacial score (nSPS) is 19.3. The summed E-state index contributed by atoms with van der Waals surface area (Å²) in [6.07, 6.45) is 6.67. The monoisotopic (exact) mass is 261 g/mol. The molecule has 2 atom stereocenters. The van der Waals surface area contributed by atoms with Gasteiger partial charge in [-0.3, -0.25) is 0 Å². The summed E-state index contributed by atoms with van der Waals surface area (Å²) < 4.78 is 5.99. The molecule has 0 bridgehead atoms. The van der Waals surface area contributed by atoms with Gasteiger partial charge in [0.25, 0.3) is 0 Å². The Kier molecular flexibility index (Phi) is 5.26. The van der Waals surface area contributed by atoms with Crippen LogP contribution in [0.15, 0.2) is 24.3 Å². The molecule has 19 heavy (non-hydrogen) atoms. The minimum absolute atomic E-state index is 0.399.